The number of hydrogen-bond acceptors (Lipinski definition) is 5. The number of H-pyrrole nitrogens is 1. The first-order valence-corrected chi connectivity index (χ1v) is 8.46. The second kappa shape index (κ2) is 6.84. The van der Waals surface area contributed by atoms with Crippen molar-refractivity contribution in [3.8, 4) is 0 Å². The Bertz CT molecular complexity index is 862. The van der Waals surface area contributed by atoms with E-state index >= 15 is 0 Å². The van der Waals surface area contributed by atoms with Crippen LogP contribution in [0.15, 0.2) is 35.4 Å². The second-order valence-corrected chi connectivity index (χ2v) is 6.65. The first kappa shape index (κ1) is 16.2. The largest absolute Gasteiger partial charge is 0.362 e. The molecule has 0 fully saturated rings. The van der Waals surface area contributed by atoms with E-state index in [4.69, 9.17) is 0 Å². The Hall–Kier alpha value is -2.67. The number of aryl methyl sites for hydroxylation is 2. The van der Waals surface area contributed by atoms with Crippen molar-refractivity contribution in [2.45, 2.75) is 26.8 Å². The Morgan fingerprint density at radius 2 is 2.17 bits per heavy atom. The van der Waals surface area contributed by atoms with E-state index in [0.717, 1.165) is 32.3 Å². The molecule has 2 heterocycles. The number of nitrogens with one attached hydrogen (secondary N) is 3. The van der Waals surface area contributed by atoms with Gasteiger partial charge in [-0.3, -0.25) is 4.79 Å². The molecule has 6 nitrogen and oxygen atoms in total. The van der Waals surface area contributed by atoms with Crippen molar-refractivity contribution in [3.63, 3.8) is 0 Å². The summed E-state index contributed by atoms with van der Waals surface area (Å²) in [5.41, 5.74) is 6.52. The summed E-state index contributed by atoms with van der Waals surface area (Å²) in [6.07, 6.45) is 1.64. The first-order chi connectivity index (χ1) is 11.5. The van der Waals surface area contributed by atoms with Crippen LogP contribution >= 0.6 is 11.3 Å². The lowest BCUT2D eigenvalue weighted by molar-refractivity contribution is -0.121. The van der Waals surface area contributed by atoms with Crippen molar-refractivity contribution in [3.05, 3.63) is 47.3 Å². The molecule has 24 heavy (non-hydrogen) atoms. The molecule has 7 heteroatoms. The van der Waals surface area contributed by atoms with Crippen molar-refractivity contribution in [1.29, 1.82) is 0 Å². The normalized spacial score (nSPS) is 12.6. The van der Waals surface area contributed by atoms with Crippen LogP contribution in [0, 0.1) is 13.8 Å². The van der Waals surface area contributed by atoms with E-state index in [1.54, 1.807) is 13.1 Å². The van der Waals surface area contributed by atoms with Gasteiger partial charge in [0.05, 0.1) is 16.4 Å². The van der Waals surface area contributed by atoms with E-state index < -0.39 is 6.04 Å². The molecule has 0 radical (unpaired) electrons. The van der Waals surface area contributed by atoms with Gasteiger partial charge in [0.15, 0.2) is 5.13 Å². The van der Waals surface area contributed by atoms with Crippen LogP contribution < -0.4 is 10.7 Å². The van der Waals surface area contributed by atoms with Crippen molar-refractivity contribution < 1.29 is 4.79 Å². The Balaban J connectivity index is 1.59. The number of aromatic nitrogens is 2. The van der Waals surface area contributed by atoms with Gasteiger partial charge in [-0.05, 0) is 39.0 Å². The topological polar surface area (TPSA) is 82.2 Å². The van der Waals surface area contributed by atoms with Crippen molar-refractivity contribution in [1.82, 2.24) is 15.4 Å². The van der Waals surface area contributed by atoms with E-state index in [1.165, 1.54) is 11.3 Å². The summed E-state index contributed by atoms with van der Waals surface area (Å²) < 4.78 is 1.09. The number of hydrogen-bond donors (Lipinski definition) is 3. The molecule has 0 aliphatic heterocycles. The highest BCUT2D eigenvalue weighted by molar-refractivity contribution is 7.22. The summed E-state index contributed by atoms with van der Waals surface area (Å²) in [5.74, 6) is -0.213. The number of rotatable bonds is 5. The predicted molar refractivity (Wildman–Crippen MR) is 98.7 cm³/mol. The number of carbonyl (C=O) groups excluding carboxylic acids is 1. The van der Waals surface area contributed by atoms with Crippen molar-refractivity contribution >= 4 is 38.8 Å². The molecule has 3 rings (SSSR count). The molecule has 0 saturated heterocycles. The van der Waals surface area contributed by atoms with Gasteiger partial charge in [0, 0.05) is 17.0 Å². The number of hydrazone groups is 1. The molecule has 0 aliphatic rings. The average Bonchev–Trinajstić information content (AvgIpc) is 3.09. The third kappa shape index (κ3) is 3.62. The monoisotopic (exact) mass is 341 g/mol. The summed E-state index contributed by atoms with van der Waals surface area (Å²) in [5, 5.41) is 7.85. The molecule has 0 unspecified atom stereocenters. The Labute approximate surface area is 144 Å². The zero-order chi connectivity index (χ0) is 17.1. The number of para-hydroxylation sites is 1. The van der Waals surface area contributed by atoms with E-state index in [1.807, 2.05) is 44.2 Å². The molecule has 0 saturated carbocycles. The quantitative estimate of drug-likeness (QED) is 0.492. The van der Waals surface area contributed by atoms with Gasteiger partial charge >= 0.3 is 0 Å². The lowest BCUT2D eigenvalue weighted by Crippen LogP contribution is -2.34. The fraction of sp³-hybridized carbons (Fsp3) is 0.235. The molecule has 0 aliphatic carbocycles. The zero-order valence-corrected chi connectivity index (χ0v) is 14.6. The Kier molecular flexibility index (Phi) is 4.61. The predicted octanol–water partition coefficient (Wildman–Crippen LogP) is 3.19. The Morgan fingerprint density at radius 1 is 1.38 bits per heavy atom. The van der Waals surface area contributed by atoms with Crippen LogP contribution in [0.25, 0.3) is 10.2 Å². The molecule has 0 spiro atoms. The number of anilines is 1. The minimum atomic E-state index is -0.434. The molecular weight excluding hydrogens is 322 g/mol. The highest BCUT2D eigenvalue weighted by Crippen LogP contribution is 2.25. The highest BCUT2D eigenvalue weighted by atomic mass is 32.1. The highest BCUT2D eigenvalue weighted by Gasteiger charge is 2.14. The average molecular weight is 341 g/mol. The maximum Gasteiger partial charge on any atom is 0.262 e. The molecule has 1 aromatic carbocycles. The molecule has 0 bridgehead atoms. The van der Waals surface area contributed by atoms with Gasteiger partial charge in [-0.1, -0.05) is 23.5 Å². The van der Waals surface area contributed by atoms with E-state index in [9.17, 15) is 4.79 Å². The summed E-state index contributed by atoms with van der Waals surface area (Å²) in [7, 11) is 0. The number of fused-ring (bicyclic) bond motifs is 1. The summed E-state index contributed by atoms with van der Waals surface area (Å²) in [6.45, 7) is 5.73. The molecule has 124 valence electrons. The standard InChI is InChI=1S/C17H19N5OS/c1-10-8-13(11(2)19-10)9-18-22-16(23)12(3)20-17-21-14-6-4-5-7-15(14)24-17/h4-9,12,19H,1-3H3,(H,20,21)(H,22,23)/b18-9+/t12-/m0/s1. The van der Waals surface area contributed by atoms with Gasteiger partial charge in [-0.2, -0.15) is 5.10 Å². The van der Waals surface area contributed by atoms with Crippen molar-refractivity contribution in [2.24, 2.45) is 5.10 Å². The first-order valence-electron chi connectivity index (χ1n) is 7.64. The van der Waals surface area contributed by atoms with Crippen LogP contribution in [0.2, 0.25) is 0 Å². The van der Waals surface area contributed by atoms with Gasteiger partial charge in [0.25, 0.3) is 5.91 Å². The smallest absolute Gasteiger partial charge is 0.262 e. The molecule has 1 atom stereocenters. The molecule has 1 amide bonds. The summed E-state index contributed by atoms with van der Waals surface area (Å²) in [6, 6.07) is 9.42. The van der Waals surface area contributed by atoms with Crippen LogP contribution in [-0.2, 0) is 4.79 Å². The number of thiazole rings is 1. The third-order valence-corrected chi connectivity index (χ3v) is 4.56. The maximum absolute atomic E-state index is 12.1. The number of nitrogens with zero attached hydrogens (tertiary/aromatic N) is 2. The van der Waals surface area contributed by atoms with E-state index in [2.05, 4.69) is 25.8 Å². The SMILES string of the molecule is Cc1cc(/C=N/NC(=O)[C@H](C)Nc2nc3ccccc3s2)c(C)[nH]1. The van der Waals surface area contributed by atoms with Gasteiger partial charge in [0.2, 0.25) is 0 Å². The lowest BCUT2D eigenvalue weighted by Gasteiger charge is -2.10. The van der Waals surface area contributed by atoms with Crippen LogP contribution in [0.1, 0.15) is 23.9 Å². The van der Waals surface area contributed by atoms with Gasteiger partial charge in [-0.25, -0.2) is 10.4 Å². The summed E-state index contributed by atoms with van der Waals surface area (Å²) in [4.78, 5) is 19.8. The minimum absolute atomic E-state index is 0.213. The van der Waals surface area contributed by atoms with Gasteiger partial charge in [0.1, 0.15) is 6.04 Å². The summed E-state index contributed by atoms with van der Waals surface area (Å²) >= 11 is 1.52. The van der Waals surface area contributed by atoms with Crippen LogP contribution in [0.5, 0.6) is 0 Å². The van der Waals surface area contributed by atoms with E-state index in [0.29, 0.717) is 0 Å². The lowest BCUT2D eigenvalue weighted by atomic mass is 10.3. The molecule has 3 N–H and O–H groups in total. The minimum Gasteiger partial charge on any atom is -0.362 e. The van der Waals surface area contributed by atoms with Crippen LogP contribution in [-0.4, -0.2) is 28.1 Å². The van der Waals surface area contributed by atoms with Crippen LogP contribution in [0.4, 0.5) is 5.13 Å². The number of benzene rings is 1. The number of carbonyl (C=O) groups is 1. The fourth-order valence-corrected chi connectivity index (χ4v) is 3.28. The van der Waals surface area contributed by atoms with Gasteiger partial charge in [-0.15, -0.1) is 0 Å². The van der Waals surface area contributed by atoms with Crippen LogP contribution in [0.3, 0.4) is 0 Å². The zero-order valence-electron chi connectivity index (χ0n) is 13.8. The Morgan fingerprint density at radius 3 is 2.88 bits per heavy atom. The number of amides is 1. The molecular formula is C17H19N5OS. The fourth-order valence-electron chi connectivity index (χ4n) is 2.33. The number of aromatic amines is 1. The van der Waals surface area contributed by atoms with Crippen molar-refractivity contribution in [2.75, 3.05) is 5.32 Å². The van der Waals surface area contributed by atoms with Gasteiger partial charge < -0.3 is 10.3 Å². The third-order valence-electron chi connectivity index (χ3n) is 3.60. The molecule has 2 aromatic heterocycles. The molecule has 3 aromatic rings. The van der Waals surface area contributed by atoms with E-state index in [-0.39, 0.29) is 5.91 Å². The maximum atomic E-state index is 12.1. The second-order valence-electron chi connectivity index (χ2n) is 5.62.